The van der Waals surface area contributed by atoms with Gasteiger partial charge in [-0.1, -0.05) is 24.3 Å². The second-order valence-electron chi connectivity index (χ2n) is 4.93. The summed E-state index contributed by atoms with van der Waals surface area (Å²) in [6.45, 7) is 2.74. The number of ether oxygens (including phenoxy) is 2. The lowest BCUT2D eigenvalue weighted by molar-refractivity contribution is -0.144. The topological polar surface area (TPSA) is 52.6 Å². The van der Waals surface area contributed by atoms with Crippen LogP contribution in [0.15, 0.2) is 53.4 Å². The van der Waals surface area contributed by atoms with Crippen LogP contribution in [0.5, 0.6) is 5.75 Å². The van der Waals surface area contributed by atoms with E-state index in [1.165, 1.54) is 13.8 Å². The van der Waals surface area contributed by atoms with Gasteiger partial charge >= 0.3 is 11.9 Å². The van der Waals surface area contributed by atoms with Gasteiger partial charge in [0.25, 0.3) is 0 Å². The van der Waals surface area contributed by atoms with Gasteiger partial charge in [0.05, 0.1) is 0 Å². The van der Waals surface area contributed by atoms with E-state index in [4.69, 9.17) is 9.47 Å². The molecule has 0 aliphatic rings. The van der Waals surface area contributed by atoms with Crippen molar-refractivity contribution in [2.24, 2.45) is 0 Å². The van der Waals surface area contributed by atoms with Crippen LogP contribution in [0, 0.1) is 0 Å². The van der Waals surface area contributed by atoms with E-state index in [9.17, 15) is 9.59 Å². The van der Waals surface area contributed by atoms with E-state index in [1.807, 2.05) is 30.5 Å². The largest absolute Gasteiger partial charge is 0.453 e. The maximum absolute atomic E-state index is 11.4. The van der Waals surface area contributed by atoms with Crippen LogP contribution in [-0.4, -0.2) is 18.2 Å². The molecule has 0 saturated heterocycles. The summed E-state index contributed by atoms with van der Waals surface area (Å²) in [7, 11) is 0. The fraction of sp³-hybridized carbons (Fsp3) is 0.222. The molecule has 0 radical (unpaired) electrons. The van der Waals surface area contributed by atoms with Crippen LogP contribution in [0.4, 0.5) is 0 Å². The number of carbonyl (C=O) groups excluding carboxylic acids is 2. The molecule has 23 heavy (non-hydrogen) atoms. The van der Waals surface area contributed by atoms with E-state index in [0.29, 0.717) is 5.75 Å². The molecule has 0 aliphatic carbocycles. The van der Waals surface area contributed by atoms with Gasteiger partial charge in [-0.05, 0) is 41.6 Å². The van der Waals surface area contributed by atoms with Crippen LogP contribution in [-0.2, 0) is 14.3 Å². The summed E-state index contributed by atoms with van der Waals surface area (Å²) in [5.41, 5.74) is 1.70. The van der Waals surface area contributed by atoms with Crippen molar-refractivity contribution in [3.8, 4) is 5.75 Å². The summed E-state index contributed by atoms with van der Waals surface area (Å²) >= 11 is 1.65. The molecule has 0 fully saturated rings. The first-order valence-corrected chi connectivity index (χ1v) is 8.31. The van der Waals surface area contributed by atoms with Crippen molar-refractivity contribution in [3.63, 3.8) is 0 Å². The van der Waals surface area contributed by atoms with Crippen LogP contribution in [0.3, 0.4) is 0 Å². The summed E-state index contributed by atoms with van der Waals surface area (Å²) in [5.74, 6) is -0.268. The third-order valence-electron chi connectivity index (χ3n) is 3.15. The molecule has 2 rings (SSSR count). The maximum Gasteiger partial charge on any atom is 0.308 e. The highest BCUT2D eigenvalue weighted by molar-refractivity contribution is 7.98. The summed E-state index contributed by atoms with van der Waals surface area (Å²) in [6, 6.07) is 14.8. The van der Waals surface area contributed by atoms with Gasteiger partial charge in [-0.15, -0.1) is 11.8 Å². The molecule has 4 nitrogen and oxygen atoms in total. The first kappa shape index (κ1) is 17.1. The molecule has 0 saturated carbocycles. The smallest absolute Gasteiger partial charge is 0.308 e. The molecule has 0 amide bonds. The highest BCUT2D eigenvalue weighted by Crippen LogP contribution is 2.29. The summed E-state index contributed by atoms with van der Waals surface area (Å²) < 4.78 is 10.5. The first-order valence-electron chi connectivity index (χ1n) is 7.09. The molecule has 0 bridgehead atoms. The van der Waals surface area contributed by atoms with Gasteiger partial charge < -0.3 is 9.47 Å². The normalized spacial score (nSPS) is 11.6. The van der Waals surface area contributed by atoms with Gasteiger partial charge in [0.2, 0.25) is 0 Å². The van der Waals surface area contributed by atoms with Crippen molar-refractivity contribution in [2.75, 3.05) is 6.26 Å². The quantitative estimate of drug-likeness (QED) is 0.471. The van der Waals surface area contributed by atoms with Crippen LogP contribution < -0.4 is 4.74 Å². The van der Waals surface area contributed by atoms with Gasteiger partial charge in [-0.3, -0.25) is 9.59 Å². The predicted molar refractivity (Wildman–Crippen MR) is 89.6 cm³/mol. The number of thioether (sulfide) groups is 1. The van der Waals surface area contributed by atoms with Crippen molar-refractivity contribution >= 4 is 23.7 Å². The molecule has 2 aromatic carbocycles. The van der Waals surface area contributed by atoms with Crippen LogP contribution in [0.25, 0.3) is 0 Å². The maximum atomic E-state index is 11.4. The molecule has 2 aromatic rings. The minimum absolute atomic E-state index is 0.354. The van der Waals surface area contributed by atoms with Crippen LogP contribution in [0.1, 0.15) is 31.1 Å². The van der Waals surface area contributed by atoms with Gasteiger partial charge in [0.15, 0.2) is 6.10 Å². The lowest BCUT2D eigenvalue weighted by atomic mass is 10.0. The van der Waals surface area contributed by atoms with E-state index in [-0.39, 0.29) is 11.9 Å². The Morgan fingerprint density at radius 2 is 1.39 bits per heavy atom. The summed E-state index contributed by atoms with van der Waals surface area (Å²) in [4.78, 5) is 23.5. The molecule has 0 spiro atoms. The van der Waals surface area contributed by atoms with E-state index in [0.717, 1.165) is 16.0 Å². The Bertz CT molecular complexity index is 677. The monoisotopic (exact) mass is 330 g/mol. The molecule has 0 aliphatic heterocycles. The summed E-state index contributed by atoms with van der Waals surface area (Å²) in [6.07, 6.45) is 1.52. The Morgan fingerprint density at radius 3 is 1.83 bits per heavy atom. The van der Waals surface area contributed by atoms with Gasteiger partial charge in [-0.25, -0.2) is 0 Å². The average molecular weight is 330 g/mol. The van der Waals surface area contributed by atoms with Gasteiger partial charge in [-0.2, -0.15) is 0 Å². The zero-order valence-corrected chi connectivity index (χ0v) is 14.1. The summed E-state index contributed by atoms with van der Waals surface area (Å²) in [5, 5.41) is 0. The number of hydrogen-bond acceptors (Lipinski definition) is 5. The van der Waals surface area contributed by atoms with Crippen LogP contribution >= 0.6 is 11.8 Å². The zero-order valence-electron chi connectivity index (χ0n) is 13.2. The molecule has 5 heteroatoms. The van der Waals surface area contributed by atoms with Gasteiger partial charge in [0, 0.05) is 18.7 Å². The number of benzene rings is 2. The zero-order chi connectivity index (χ0) is 16.8. The van der Waals surface area contributed by atoms with Crippen molar-refractivity contribution in [3.05, 3.63) is 59.7 Å². The average Bonchev–Trinajstić information content (AvgIpc) is 2.53. The fourth-order valence-corrected chi connectivity index (χ4v) is 2.56. The second-order valence-corrected chi connectivity index (χ2v) is 5.80. The Kier molecular flexibility index (Phi) is 5.82. The molecule has 0 heterocycles. The Hall–Kier alpha value is -2.27. The van der Waals surface area contributed by atoms with E-state index in [2.05, 4.69) is 0 Å². The second kappa shape index (κ2) is 7.83. The number of carbonyl (C=O) groups is 2. The highest BCUT2D eigenvalue weighted by atomic mass is 32.2. The van der Waals surface area contributed by atoms with Crippen molar-refractivity contribution in [1.82, 2.24) is 0 Å². The third-order valence-corrected chi connectivity index (χ3v) is 3.89. The van der Waals surface area contributed by atoms with Crippen LogP contribution in [0.2, 0.25) is 0 Å². The third kappa shape index (κ3) is 4.86. The van der Waals surface area contributed by atoms with E-state index >= 15 is 0 Å². The molecule has 1 unspecified atom stereocenters. The molecule has 0 aromatic heterocycles. The predicted octanol–water partition coefficient (Wildman–Crippen LogP) is 3.99. The first-order chi connectivity index (χ1) is 11.0. The lowest BCUT2D eigenvalue weighted by Crippen LogP contribution is -2.10. The minimum Gasteiger partial charge on any atom is -0.453 e. The fourth-order valence-electron chi connectivity index (χ4n) is 2.15. The Morgan fingerprint density at radius 1 is 0.870 bits per heavy atom. The van der Waals surface area contributed by atoms with Gasteiger partial charge in [0.1, 0.15) is 5.75 Å². The number of hydrogen-bond donors (Lipinski definition) is 0. The number of esters is 2. The van der Waals surface area contributed by atoms with Crippen molar-refractivity contribution in [2.45, 2.75) is 24.8 Å². The van der Waals surface area contributed by atoms with Crippen molar-refractivity contribution in [1.29, 1.82) is 0 Å². The van der Waals surface area contributed by atoms with Crippen molar-refractivity contribution < 1.29 is 19.1 Å². The van der Waals surface area contributed by atoms with E-state index < -0.39 is 6.10 Å². The molecular weight excluding hydrogens is 312 g/mol. The SMILES string of the molecule is CSc1ccc(C(OC(C)=O)c2ccc(OC(C)=O)cc2)cc1. The molecular formula is C18H18O4S. The Labute approximate surface area is 139 Å². The van der Waals surface area contributed by atoms with E-state index in [1.54, 1.807) is 36.0 Å². The minimum atomic E-state index is -0.491. The number of rotatable bonds is 5. The standard InChI is InChI=1S/C18H18O4S/c1-12(19)21-16-8-4-14(5-9-16)18(22-13(2)20)15-6-10-17(23-3)11-7-15/h4-11,18H,1-3H3. The molecule has 0 N–H and O–H groups in total. The Balaban J connectivity index is 2.29. The highest BCUT2D eigenvalue weighted by Gasteiger charge is 2.17. The molecule has 1 atom stereocenters. The lowest BCUT2D eigenvalue weighted by Gasteiger charge is -2.18. The molecule has 120 valence electrons.